The van der Waals surface area contributed by atoms with E-state index in [-0.39, 0.29) is 28.9 Å². The molecule has 3 N–H and O–H groups in total. The van der Waals surface area contributed by atoms with Gasteiger partial charge in [-0.15, -0.1) is 0 Å². The molecule has 0 saturated carbocycles. The molecule has 7 heteroatoms. The summed E-state index contributed by atoms with van der Waals surface area (Å²) in [6, 6.07) is 6.99. The lowest BCUT2D eigenvalue weighted by Crippen LogP contribution is -2.35. The zero-order valence-electron chi connectivity index (χ0n) is 14.6. The smallest absolute Gasteiger partial charge is 0.251 e. The van der Waals surface area contributed by atoms with Crippen LogP contribution in [0.5, 0.6) is 0 Å². The van der Waals surface area contributed by atoms with Crippen molar-refractivity contribution < 1.29 is 14.3 Å². The molecule has 0 radical (unpaired) electrons. The van der Waals surface area contributed by atoms with E-state index in [1.807, 2.05) is 13.8 Å². The van der Waals surface area contributed by atoms with Crippen LogP contribution in [0.4, 0.5) is 5.69 Å². The molecule has 1 unspecified atom stereocenters. The molecule has 1 aromatic rings. The summed E-state index contributed by atoms with van der Waals surface area (Å²) < 4.78 is 5.50. The van der Waals surface area contributed by atoms with E-state index in [9.17, 15) is 9.59 Å². The number of amides is 2. The van der Waals surface area contributed by atoms with E-state index in [1.165, 1.54) is 0 Å². The van der Waals surface area contributed by atoms with E-state index < -0.39 is 0 Å². The van der Waals surface area contributed by atoms with Crippen LogP contribution in [0.1, 0.15) is 43.5 Å². The van der Waals surface area contributed by atoms with Gasteiger partial charge in [-0.05, 0) is 49.2 Å². The van der Waals surface area contributed by atoms with Crippen LogP contribution >= 0.6 is 12.2 Å². The molecule has 1 aliphatic heterocycles. The molecular weight excluding hydrogens is 338 g/mol. The first-order chi connectivity index (χ1) is 11.9. The highest BCUT2D eigenvalue weighted by Gasteiger charge is 2.17. The van der Waals surface area contributed by atoms with Gasteiger partial charge in [-0.2, -0.15) is 0 Å². The van der Waals surface area contributed by atoms with E-state index in [1.54, 1.807) is 24.3 Å². The van der Waals surface area contributed by atoms with Gasteiger partial charge in [-0.25, -0.2) is 0 Å². The van der Waals surface area contributed by atoms with Gasteiger partial charge < -0.3 is 20.7 Å². The molecule has 0 bridgehead atoms. The van der Waals surface area contributed by atoms with Crippen molar-refractivity contribution in [2.24, 2.45) is 5.92 Å². The highest BCUT2D eigenvalue weighted by atomic mass is 32.1. The average Bonchev–Trinajstić information content (AvgIpc) is 3.05. The van der Waals surface area contributed by atoms with Crippen LogP contribution < -0.4 is 16.0 Å². The normalized spacial score (nSPS) is 16.5. The molecule has 0 aromatic heterocycles. The van der Waals surface area contributed by atoms with Gasteiger partial charge in [0, 0.05) is 30.8 Å². The summed E-state index contributed by atoms with van der Waals surface area (Å²) in [4.78, 5) is 24.0. The monoisotopic (exact) mass is 363 g/mol. The summed E-state index contributed by atoms with van der Waals surface area (Å²) >= 11 is 5.14. The Balaban J connectivity index is 1.85. The Bertz CT molecular complexity index is 628. The Morgan fingerprint density at radius 1 is 1.36 bits per heavy atom. The average molecular weight is 363 g/mol. The third-order valence-corrected chi connectivity index (χ3v) is 3.95. The lowest BCUT2D eigenvalue weighted by molar-refractivity contribution is -0.120. The van der Waals surface area contributed by atoms with E-state index in [0.29, 0.717) is 24.2 Å². The number of nitrogens with one attached hydrogen (secondary N) is 3. The molecule has 1 atom stereocenters. The number of anilines is 1. The van der Waals surface area contributed by atoms with Crippen molar-refractivity contribution in [2.75, 3.05) is 18.5 Å². The van der Waals surface area contributed by atoms with Crippen LogP contribution in [-0.2, 0) is 9.53 Å². The number of thiocarbonyl (C=S) groups is 1. The van der Waals surface area contributed by atoms with Gasteiger partial charge in [0.2, 0.25) is 5.91 Å². The topological polar surface area (TPSA) is 79.5 Å². The van der Waals surface area contributed by atoms with E-state index >= 15 is 0 Å². The fourth-order valence-electron chi connectivity index (χ4n) is 2.56. The van der Waals surface area contributed by atoms with Crippen LogP contribution in [0.15, 0.2) is 24.3 Å². The summed E-state index contributed by atoms with van der Waals surface area (Å²) in [7, 11) is 0. The minimum Gasteiger partial charge on any atom is -0.376 e. The predicted molar refractivity (Wildman–Crippen MR) is 102 cm³/mol. The van der Waals surface area contributed by atoms with Crippen molar-refractivity contribution in [3.8, 4) is 0 Å². The molecule has 2 amide bonds. The van der Waals surface area contributed by atoms with Crippen molar-refractivity contribution in [1.29, 1.82) is 0 Å². The first-order valence-corrected chi connectivity index (χ1v) is 8.95. The van der Waals surface area contributed by atoms with Gasteiger partial charge in [0.05, 0.1) is 6.10 Å². The highest BCUT2D eigenvalue weighted by molar-refractivity contribution is 7.80. The molecule has 25 heavy (non-hydrogen) atoms. The Kier molecular flexibility index (Phi) is 7.33. The SMILES string of the molecule is CC(C)CC(=O)NC(=S)Nc1cccc(C(=O)NCC2CCCO2)c1. The van der Waals surface area contributed by atoms with Crippen molar-refractivity contribution >= 4 is 34.8 Å². The zero-order valence-corrected chi connectivity index (χ0v) is 15.4. The molecule has 6 nitrogen and oxygen atoms in total. The second-order valence-corrected chi connectivity index (χ2v) is 6.93. The van der Waals surface area contributed by atoms with E-state index in [0.717, 1.165) is 19.4 Å². The van der Waals surface area contributed by atoms with Gasteiger partial charge in [0.1, 0.15) is 0 Å². The number of ether oxygens (including phenoxy) is 1. The molecular formula is C18H25N3O3S. The minimum atomic E-state index is -0.158. The van der Waals surface area contributed by atoms with Crippen LogP contribution in [0, 0.1) is 5.92 Å². The summed E-state index contributed by atoms with van der Waals surface area (Å²) in [5.74, 6) is -0.0226. The molecule has 1 saturated heterocycles. The van der Waals surface area contributed by atoms with E-state index in [2.05, 4.69) is 16.0 Å². The van der Waals surface area contributed by atoms with Crippen LogP contribution in [0.3, 0.4) is 0 Å². The fourth-order valence-corrected chi connectivity index (χ4v) is 2.79. The van der Waals surface area contributed by atoms with Gasteiger partial charge in [0.15, 0.2) is 5.11 Å². The van der Waals surface area contributed by atoms with E-state index in [4.69, 9.17) is 17.0 Å². The number of carbonyl (C=O) groups is 2. The Labute approximate surface area is 153 Å². The minimum absolute atomic E-state index is 0.106. The highest BCUT2D eigenvalue weighted by Crippen LogP contribution is 2.13. The van der Waals surface area contributed by atoms with Crippen molar-refractivity contribution in [2.45, 2.75) is 39.2 Å². The Hall–Kier alpha value is -1.99. The Morgan fingerprint density at radius 2 is 2.16 bits per heavy atom. The first-order valence-electron chi connectivity index (χ1n) is 8.54. The maximum absolute atomic E-state index is 12.2. The second kappa shape index (κ2) is 9.48. The van der Waals surface area contributed by atoms with Crippen molar-refractivity contribution in [1.82, 2.24) is 10.6 Å². The summed E-state index contributed by atoms with van der Waals surface area (Å²) in [5.41, 5.74) is 1.18. The second-order valence-electron chi connectivity index (χ2n) is 6.53. The molecule has 1 aliphatic rings. The van der Waals surface area contributed by atoms with Gasteiger partial charge in [-0.1, -0.05) is 19.9 Å². The third-order valence-electron chi connectivity index (χ3n) is 3.74. The number of hydrogen-bond acceptors (Lipinski definition) is 4. The van der Waals surface area contributed by atoms with Crippen LogP contribution in [0.2, 0.25) is 0 Å². The summed E-state index contributed by atoms with van der Waals surface area (Å²) in [6.45, 7) is 5.21. The standard InChI is InChI=1S/C18H25N3O3S/c1-12(2)9-16(22)21-18(25)20-14-6-3-5-13(10-14)17(23)19-11-15-7-4-8-24-15/h3,5-6,10,12,15H,4,7-9,11H2,1-2H3,(H,19,23)(H2,20,21,22,25). The molecule has 0 aliphatic carbocycles. The molecule has 0 spiro atoms. The lowest BCUT2D eigenvalue weighted by atomic mass is 10.1. The maximum Gasteiger partial charge on any atom is 0.251 e. The number of hydrogen-bond donors (Lipinski definition) is 3. The predicted octanol–water partition coefficient (Wildman–Crippen LogP) is 2.45. The summed E-state index contributed by atoms with van der Waals surface area (Å²) in [5, 5.41) is 8.67. The quantitative estimate of drug-likeness (QED) is 0.677. The maximum atomic E-state index is 12.2. The van der Waals surface area contributed by atoms with Crippen molar-refractivity contribution in [3.05, 3.63) is 29.8 Å². The van der Waals surface area contributed by atoms with Gasteiger partial charge in [0.25, 0.3) is 5.91 Å². The first kappa shape index (κ1) is 19.3. The van der Waals surface area contributed by atoms with Crippen molar-refractivity contribution in [3.63, 3.8) is 0 Å². The Morgan fingerprint density at radius 3 is 2.84 bits per heavy atom. The zero-order chi connectivity index (χ0) is 18.2. The molecule has 1 fully saturated rings. The molecule has 1 aromatic carbocycles. The molecule has 1 heterocycles. The fraction of sp³-hybridized carbons (Fsp3) is 0.500. The van der Waals surface area contributed by atoms with Gasteiger partial charge >= 0.3 is 0 Å². The van der Waals surface area contributed by atoms with Gasteiger partial charge in [-0.3, -0.25) is 9.59 Å². The lowest BCUT2D eigenvalue weighted by Gasteiger charge is -2.13. The number of benzene rings is 1. The number of rotatable bonds is 6. The van der Waals surface area contributed by atoms with Crippen LogP contribution in [-0.4, -0.2) is 36.2 Å². The summed E-state index contributed by atoms with van der Waals surface area (Å²) in [6.07, 6.45) is 2.54. The third kappa shape index (κ3) is 6.80. The molecule has 136 valence electrons. The molecule has 2 rings (SSSR count). The largest absolute Gasteiger partial charge is 0.376 e. The number of carbonyl (C=O) groups excluding carboxylic acids is 2. The van der Waals surface area contributed by atoms with Crippen LogP contribution in [0.25, 0.3) is 0 Å².